The lowest BCUT2D eigenvalue weighted by Crippen LogP contribution is -2.36. The Morgan fingerprint density at radius 2 is 1.76 bits per heavy atom. The van der Waals surface area contributed by atoms with E-state index in [4.69, 9.17) is 4.74 Å². The third-order valence-corrected chi connectivity index (χ3v) is 3.94. The fourth-order valence-corrected chi connectivity index (χ4v) is 2.41. The zero-order valence-corrected chi connectivity index (χ0v) is 14.2. The predicted molar refractivity (Wildman–Crippen MR) is 91.3 cm³/mol. The number of hydrogen-bond donors (Lipinski definition) is 2. The molecular weight excluding hydrogens is 344 g/mol. The molecule has 0 saturated carbocycles. The zero-order chi connectivity index (χ0) is 18.2. The Kier molecular flexibility index (Phi) is 6.41. The maximum Gasteiger partial charge on any atom is 0.325 e. The average Bonchev–Trinajstić information content (AvgIpc) is 3.13. The van der Waals surface area contributed by atoms with Crippen molar-refractivity contribution in [2.24, 2.45) is 0 Å². The van der Waals surface area contributed by atoms with Crippen LogP contribution in [0.4, 0.5) is 0 Å². The number of hydrogen-bond acceptors (Lipinski definition) is 6. The second-order valence-electron chi connectivity index (χ2n) is 5.06. The molecule has 1 aromatic carbocycles. The molecule has 0 aliphatic rings. The molecule has 1 aromatic heterocycles. The summed E-state index contributed by atoms with van der Waals surface area (Å²) in [4.78, 5) is 47.0. The second kappa shape index (κ2) is 8.74. The largest absolute Gasteiger partial charge is 0.454 e. The van der Waals surface area contributed by atoms with Crippen molar-refractivity contribution >= 4 is 35.0 Å². The number of amides is 3. The molecule has 130 valence electrons. The first-order valence-electron chi connectivity index (χ1n) is 7.34. The number of thiophene rings is 1. The lowest BCUT2D eigenvalue weighted by molar-refractivity contribution is -0.147. The third kappa shape index (κ3) is 5.85. The van der Waals surface area contributed by atoms with Gasteiger partial charge in [0.15, 0.2) is 6.61 Å². The number of carbonyl (C=O) groups excluding carboxylic acids is 4. The van der Waals surface area contributed by atoms with Crippen molar-refractivity contribution in [3.63, 3.8) is 0 Å². The number of benzene rings is 1. The Labute approximate surface area is 148 Å². The van der Waals surface area contributed by atoms with Crippen molar-refractivity contribution in [3.8, 4) is 0 Å². The van der Waals surface area contributed by atoms with Crippen LogP contribution < -0.4 is 10.6 Å². The zero-order valence-electron chi connectivity index (χ0n) is 13.4. The van der Waals surface area contributed by atoms with E-state index in [0.29, 0.717) is 10.4 Å². The van der Waals surface area contributed by atoms with Gasteiger partial charge in [-0.1, -0.05) is 23.8 Å². The van der Waals surface area contributed by atoms with Gasteiger partial charge in [0.05, 0.1) is 4.88 Å². The Morgan fingerprint density at radius 1 is 1.04 bits per heavy atom. The van der Waals surface area contributed by atoms with Crippen LogP contribution in [0.1, 0.15) is 25.6 Å². The van der Waals surface area contributed by atoms with Gasteiger partial charge < -0.3 is 10.1 Å². The molecule has 8 heteroatoms. The van der Waals surface area contributed by atoms with E-state index in [1.807, 2.05) is 6.92 Å². The number of ether oxygens (including phenoxy) is 1. The van der Waals surface area contributed by atoms with Crippen LogP contribution in [0.3, 0.4) is 0 Å². The van der Waals surface area contributed by atoms with E-state index in [2.05, 4.69) is 10.6 Å². The van der Waals surface area contributed by atoms with Crippen LogP contribution in [0, 0.1) is 6.92 Å². The van der Waals surface area contributed by atoms with Crippen LogP contribution in [0.2, 0.25) is 0 Å². The van der Waals surface area contributed by atoms with Crippen molar-refractivity contribution in [2.45, 2.75) is 6.92 Å². The summed E-state index contributed by atoms with van der Waals surface area (Å²) in [6.07, 6.45) is 0. The van der Waals surface area contributed by atoms with Crippen LogP contribution in [0.25, 0.3) is 0 Å². The smallest absolute Gasteiger partial charge is 0.325 e. The SMILES string of the molecule is Cc1ccc(C(=O)NCC(=O)OCC(=O)NC(=O)c2cccs2)cc1. The highest BCUT2D eigenvalue weighted by molar-refractivity contribution is 7.12. The molecule has 0 unspecified atom stereocenters. The lowest BCUT2D eigenvalue weighted by Gasteiger charge is -2.07. The van der Waals surface area contributed by atoms with E-state index in [1.54, 1.807) is 41.8 Å². The Hall–Kier alpha value is -3.00. The quantitative estimate of drug-likeness (QED) is 0.756. The van der Waals surface area contributed by atoms with Crippen molar-refractivity contribution in [1.29, 1.82) is 0 Å². The molecular formula is C17H16N2O5S. The van der Waals surface area contributed by atoms with Gasteiger partial charge in [-0.2, -0.15) is 0 Å². The minimum absolute atomic E-state index is 0.376. The Bertz CT molecular complexity index is 769. The van der Waals surface area contributed by atoms with Gasteiger partial charge in [-0.15, -0.1) is 11.3 Å². The van der Waals surface area contributed by atoms with Crippen LogP contribution in [0.5, 0.6) is 0 Å². The molecule has 2 aromatic rings. The molecule has 25 heavy (non-hydrogen) atoms. The molecule has 3 amide bonds. The molecule has 0 radical (unpaired) electrons. The van der Waals surface area contributed by atoms with Gasteiger partial charge >= 0.3 is 5.97 Å². The first-order valence-corrected chi connectivity index (χ1v) is 8.22. The lowest BCUT2D eigenvalue weighted by atomic mass is 10.1. The molecule has 0 saturated heterocycles. The van der Waals surface area contributed by atoms with Gasteiger partial charge in [0.1, 0.15) is 6.54 Å². The van der Waals surface area contributed by atoms with Crippen LogP contribution >= 0.6 is 11.3 Å². The van der Waals surface area contributed by atoms with Gasteiger partial charge in [0, 0.05) is 5.56 Å². The number of esters is 1. The number of carbonyl (C=O) groups is 4. The minimum atomic E-state index is -0.779. The summed E-state index contributed by atoms with van der Waals surface area (Å²) in [5.74, 6) is -2.49. The summed E-state index contributed by atoms with van der Waals surface area (Å²) < 4.78 is 4.71. The molecule has 2 rings (SSSR count). The van der Waals surface area contributed by atoms with Crippen molar-refractivity contribution in [2.75, 3.05) is 13.2 Å². The summed E-state index contributed by atoms with van der Waals surface area (Å²) in [5, 5.41) is 6.20. The number of rotatable bonds is 6. The first-order chi connectivity index (χ1) is 12.0. The maximum atomic E-state index is 11.8. The molecule has 0 aliphatic carbocycles. The van der Waals surface area contributed by atoms with Crippen LogP contribution in [-0.2, 0) is 14.3 Å². The van der Waals surface area contributed by atoms with E-state index in [0.717, 1.165) is 5.56 Å². The van der Waals surface area contributed by atoms with Gasteiger partial charge in [-0.3, -0.25) is 24.5 Å². The molecule has 1 heterocycles. The molecule has 2 N–H and O–H groups in total. The van der Waals surface area contributed by atoms with Crippen molar-refractivity contribution in [3.05, 3.63) is 57.8 Å². The molecule has 0 aliphatic heterocycles. The fraction of sp³-hybridized carbons (Fsp3) is 0.176. The normalized spacial score (nSPS) is 9.96. The Balaban J connectivity index is 1.69. The number of imide groups is 1. The number of nitrogens with one attached hydrogen (secondary N) is 2. The van der Waals surface area contributed by atoms with E-state index in [9.17, 15) is 19.2 Å². The van der Waals surface area contributed by atoms with E-state index in [1.165, 1.54) is 11.3 Å². The van der Waals surface area contributed by atoms with Gasteiger partial charge in [-0.25, -0.2) is 0 Å². The van der Waals surface area contributed by atoms with Gasteiger partial charge in [0.2, 0.25) is 0 Å². The third-order valence-electron chi connectivity index (χ3n) is 3.07. The topological polar surface area (TPSA) is 102 Å². The predicted octanol–water partition coefficient (Wildman–Crippen LogP) is 1.29. The molecule has 0 atom stereocenters. The number of aryl methyl sites for hydroxylation is 1. The summed E-state index contributed by atoms with van der Waals surface area (Å²) in [7, 11) is 0. The van der Waals surface area contributed by atoms with Gasteiger partial charge in [-0.05, 0) is 30.5 Å². The highest BCUT2D eigenvalue weighted by Crippen LogP contribution is 2.07. The second-order valence-corrected chi connectivity index (χ2v) is 6.01. The molecule has 0 fully saturated rings. The highest BCUT2D eigenvalue weighted by atomic mass is 32.1. The van der Waals surface area contributed by atoms with Crippen molar-refractivity contribution < 1.29 is 23.9 Å². The van der Waals surface area contributed by atoms with Crippen LogP contribution in [0.15, 0.2) is 41.8 Å². The van der Waals surface area contributed by atoms with Crippen molar-refractivity contribution in [1.82, 2.24) is 10.6 Å². The highest BCUT2D eigenvalue weighted by Gasteiger charge is 2.14. The summed E-state index contributed by atoms with van der Waals surface area (Å²) in [6, 6.07) is 10.1. The minimum Gasteiger partial charge on any atom is -0.454 e. The first kappa shape index (κ1) is 18.3. The summed E-state index contributed by atoms with van der Waals surface area (Å²) in [6.45, 7) is 0.919. The van der Waals surface area contributed by atoms with E-state index < -0.39 is 30.3 Å². The molecule has 7 nitrogen and oxygen atoms in total. The average molecular weight is 360 g/mol. The molecule has 0 bridgehead atoms. The molecule has 0 spiro atoms. The van der Waals surface area contributed by atoms with Gasteiger partial charge in [0.25, 0.3) is 17.7 Å². The van der Waals surface area contributed by atoms with E-state index in [-0.39, 0.29) is 6.54 Å². The standard InChI is InChI=1S/C17H16N2O5S/c1-11-4-6-12(7-5-11)16(22)18-9-15(21)24-10-14(20)19-17(23)13-3-2-8-25-13/h2-8H,9-10H2,1H3,(H,18,22)(H,19,20,23). The summed E-state index contributed by atoms with van der Waals surface area (Å²) in [5.41, 5.74) is 1.43. The fourth-order valence-electron chi connectivity index (χ4n) is 1.79. The Morgan fingerprint density at radius 3 is 2.40 bits per heavy atom. The monoisotopic (exact) mass is 360 g/mol. The van der Waals surface area contributed by atoms with E-state index >= 15 is 0 Å². The van der Waals surface area contributed by atoms with Crippen LogP contribution in [-0.4, -0.2) is 36.8 Å². The maximum absolute atomic E-state index is 11.8. The summed E-state index contributed by atoms with van der Waals surface area (Å²) >= 11 is 1.19.